The zero-order valence-corrected chi connectivity index (χ0v) is 14.8. The summed E-state index contributed by atoms with van der Waals surface area (Å²) in [5, 5.41) is 6.05. The van der Waals surface area contributed by atoms with Gasteiger partial charge in [0.25, 0.3) is 0 Å². The largest absolute Gasteiger partial charge is 0.491 e. The van der Waals surface area contributed by atoms with Gasteiger partial charge in [-0.15, -0.1) is 0 Å². The highest BCUT2D eigenvalue weighted by atomic mass is 16.5. The summed E-state index contributed by atoms with van der Waals surface area (Å²) in [5.41, 5.74) is 4.08. The van der Waals surface area contributed by atoms with E-state index in [1.165, 1.54) is 11.1 Å². The number of nitrogens with one attached hydrogen (secondary N) is 2. The number of rotatable bonds is 7. The predicted octanol–water partition coefficient (Wildman–Crippen LogP) is 4.39. The van der Waals surface area contributed by atoms with Crippen LogP contribution < -0.4 is 15.4 Å². The fourth-order valence-electron chi connectivity index (χ4n) is 2.18. The van der Waals surface area contributed by atoms with Crippen LogP contribution in [0.1, 0.15) is 25.0 Å². The topological polar surface area (TPSA) is 50.4 Å². The van der Waals surface area contributed by atoms with Crippen LogP contribution in [0.2, 0.25) is 0 Å². The number of carbonyl (C=O) groups is 1. The van der Waals surface area contributed by atoms with E-state index < -0.39 is 0 Å². The van der Waals surface area contributed by atoms with Gasteiger partial charge in [-0.05, 0) is 55.2 Å². The molecule has 2 N–H and O–H groups in total. The first-order valence-electron chi connectivity index (χ1n) is 8.28. The lowest BCUT2D eigenvalue weighted by molar-refractivity contribution is -0.114. The van der Waals surface area contributed by atoms with Crippen LogP contribution in [0.15, 0.2) is 42.5 Å². The van der Waals surface area contributed by atoms with Crippen molar-refractivity contribution in [1.29, 1.82) is 0 Å². The lowest BCUT2D eigenvalue weighted by Gasteiger charge is -2.14. The molecule has 0 spiro atoms. The van der Waals surface area contributed by atoms with Crippen LogP contribution in [0.25, 0.3) is 0 Å². The van der Waals surface area contributed by atoms with Crippen molar-refractivity contribution >= 4 is 17.3 Å². The van der Waals surface area contributed by atoms with Gasteiger partial charge in [0.05, 0.1) is 18.8 Å². The van der Waals surface area contributed by atoms with E-state index in [1.807, 2.05) is 42.5 Å². The van der Waals surface area contributed by atoms with Crippen LogP contribution in [0.4, 0.5) is 11.4 Å². The number of hydrogen-bond donors (Lipinski definition) is 2. The van der Waals surface area contributed by atoms with Gasteiger partial charge in [0.15, 0.2) is 0 Å². The van der Waals surface area contributed by atoms with Crippen molar-refractivity contribution in [2.24, 2.45) is 5.92 Å². The Balaban J connectivity index is 1.93. The number of para-hydroxylation sites is 2. The minimum Gasteiger partial charge on any atom is -0.491 e. The van der Waals surface area contributed by atoms with Gasteiger partial charge >= 0.3 is 0 Å². The molecule has 4 heteroatoms. The summed E-state index contributed by atoms with van der Waals surface area (Å²) < 4.78 is 5.76. The van der Waals surface area contributed by atoms with E-state index in [0.29, 0.717) is 24.0 Å². The first-order chi connectivity index (χ1) is 11.5. The molecule has 128 valence electrons. The lowest BCUT2D eigenvalue weighted by atomic mass is 10.1. The van der Waals surface area contributed by atoms with Crippen molar-refractivity contribution < 1.29 is 9.53 Å². The SMILES string of the molecule is Cc1ccc(NCC(=O)Nc2ccccc2OCC(C)C)cc1C. The molecule has 1 amide bonds. The Hall–Kier alpha value is -2.49. The minimum absolute atomic E-state index is 0.103. The summed E-state index contributed by atoms with van der Waals surface area (Å²) in [6.07, 6.45) is 0. The number of hydrogen-bond acceptors (Lipinski definition) is 3. The Bertz CT molecular complexity index is 696. The standard InChI is InChI=1S/C20H26N2O2/c1-14(2)13-24-19-8-6-5-7-18(19)22-20(23)12-21-17-10-9-15(3)16(4)11-17/h5-11,14,21H,12-13H2,1-4H3,(H,22,23). The second-order valence-electron chi connectivity index (χ2n) is 6.40. The van der Waals surface area contributed by atoms with Crippen LogP contribution >= 0.6 is 0 Å². The van der Waals surface area contributed by atoms with Crippen LogP contribution in [0.3, 0.4) is 0 Å². The van der Waals surface area contributed by atoms with E-state index in [9.17, 15) is 4.79 Å². The van der Waals surface area contributed by atoms with E-state index in [0.717, 1.165) is 5.69 Å². The van der Waals surface area contributed by atoms with E-state index in [4.69, 9.17) is 4.74 Å². The summed E-state index contributed by atoms with van der Waals surface area (Å²) in [5.74, 6) is 1.03. The van der Waals surface area contributed by atoms with Gasteiger partial charge in [0.1, 0.15) is 5.75 Å². The summed E-state index contributed by atoms with van der Waals surface area (Å²) in [7, 11) is 0. The number of ether oxygens (including phenoxy) is 1. The van der Waals surface area contributed by atoms with Crippen LogP contribution in [0, 0.1) is 19.8 Å². The summed E-state index contributed by atoms with van der Waals surface area (Å²) in [6.45, 7) is 9.14. The third-order valence-electron chi connectivity index (χ3n) is 3.69. The first kappa shape index (κ1) is 17.9. The molecule has 0 fully saturated rings. The Kier molecular flexibility index (Phi) is 6.24. The fraction of sp³-hybridized carbons (Fsp3) is 0.350. The average molecular weight is 326 g/mol. The van der Waals surface area contributed by atoms with E-state index in [2.05, 4.69) is 38.3 Å². The number of carbonyl (C=O) groups excluding carboxylic acids is 1. The highest BCUT2D eigenvalue weighted by molar-refractivity contribution is 5.95. The fourth-order valence-corrected chi connectivity index (χ4v) is 2.18. The van der Waals surface area contributed by atoms with Gasteiger partial charge < -0.3 is 15.4 Å². The molecule has 4 nitrogen and oxygen atoms in total. The molecule has 0 radical (unpaired) electrons. The van der Waals surface area contributed by atoms with Gasteiger partial charge in [-0.25, -0.2) is 0 Å². The predicted molar refractivity (Wildman–Crippen MR) is 99.8 cm³/mol. The molecule has 0 bridgehead atoms. The highest BCUT2D eigenvalue weighted by Crippen LogP contribution is 2.24. The zero-order chi connectivity index (χ0) is 17.5. The van der Waals surface area contributed by atoms with Gasteiger partial charge in [-0.3, -0.25) is 4.79 Å². The highest BCUT2D eigenvalue weighted by Gasteiger charge is 2.08. The average Bonchev–Trinajstić information content (AvgIpc) is 2.55. The molecule has 0 atom stereocenters. The Morgan fingerprint density at radius 3 is 2.54 bits per heavy atom. The van der Waals surface area contributed by atoms with E-state index in [-0.39, 0.29) is 12.5 Å². The molecule has 0 heterocycles. The molecule has 0 unspecified atom stereocenters. The van der Waals surface area contributed by atoms with Gasteiger partial charge in [0, 0.05) is 5.69 Å². The zero-order valence-electron chi connectivity index (χ0n) is 14.8. The smallest absolute Gasteiger partial charge is 0.243 e. The summed E-state index contributed by atoms with van der Waals surface area (Å²) in [4.78, 5) is 12.2. The molecule has 0 aromatic heterocycles. The third kappa shape index (κ3) is 5.30. The second-order valence-corrected chi connectivity index (χ2v) is 6.40. The molecule has 0 saturated heterocycles. The monoisotopic (exact) mass is 326 g/mol. The van der Waals surface area contributed by atoms with Crippen LogP contribution in [-0.4, -0.2) is 19.1 Å². The van der Waals surface area contributed by atoms with E-state index in [1.54, 1.807) is 0 Å². The lowest BCUT2D eigenvalue weighted by Crippen LogP contribution is -2.22. The van der Waals surface area contributed by atoms with Crippen molar-refractivity contribution in [2.75, 3.05) is 23.8 Å². The maximum absolute atomic E-state index is 12.2. The quantitative estimate of drug-likeness (QED) is 0.793. The van der Waals surface area contributed by atoms with Crippen molar-refractivity contribution in [1.82, 2.24) is 0 Å². The maximum Gasteiger partial charge on any atom is 0.243 e. The molecular formula is C20H26N2O2. The Labute approximate surface area is 144 Å². The van der Waals surface area contributed by atoms with Gasteiger partial charge in [-0.2, -0.15) is 0 Å². The molecule has 0 aliphatic rings. The van der Waals surface area contributed by atoms with Gasteiger partial charge in [-0.1, -0.05) is 32.0 Å². The number of anilines is 2. The number of amides is 1. The molecule has 2 rings (SSSR count). The van der Waals surface area contributed by atoms with Crippen LogP contribution in [-0.2, 0) is 4.79 Å². The molecule has 0 aliphatic carbocycles. The summed E-state index contributed by atoms with van der Waals surface area (Å²) >= 11 is 0. The molecular weight excluding hydrogens is 300 g/mol. The van der Waals surface area contributed by atoms with E-state index >= 15 is 0 Å². The molecule has 2 aromatic rings. The molecule has 0 saturated carbocycles. The van der Waals surface area contributed by atoms with Crippen molar-refractivity contribution in [3.05, 3.63) is 53.6 Å². The maximum atomic E-state index is 12.2. The number of aryl methyl sites for hydroxylation is 2. The molecule has 2 aromatic carbocycles. The Morgan fingerprint density at radius 1 is 1.08 bits per heavy atom. The molecule has 0 aliphatic heterocycles. The van der Waals surface area contributed by atoms with Crippen molar-refractivity contribution in [2.45, 2.75) is 27.7 Å². The third-order valence-corrected chi connectivity index (χ3v) is 3.69. The minimum atomic E-state index is -0.103. The van der Waals surface area contributed by atoms with Gasteiger partial charge in [0.2, 0.25) is 5.91 Å². The van der Waals surface area contributed by atoms with Crippen molar-refractivity contribution in [3.63, 3.8) is 0 Å². The van der Waals surface area contributed by atoms with Crippen molar-refractivity contribution in [3.8, 4) is 5.75 Å². The number of benzene rings is 2. The molecule has 24 heavy (non-hydrogen) atoms. The van der Waals surface area contributed by atoms with Crippen LogP contribution in [0.5, 0.6) is 5.75 Å². The Morgan fingerprint density at radius 2 is 1.83 bits per heavy atom. The first-order valence-corrected chi connectivity index (χ1v) is 8.28. The summed E-state index contributed by atoms with van der Waals surface area (Å²) in [6, 6.07) is 13.6. The normalized spacial score (nSPS) is 10.5. The second kappa shape index (κ2) is 8.39.